The second kappa shape index (κ2) is 5.06. The van der Waals surface area contributed by atoms with Gasteiger partial charge in [-0.1, -0.05) is 48.5 Å². The van der Waals surface area contributed by atoms with Crippen LogP contribution in [-0.4, -0.2) is 14.1 Å². The molecule has 1 atom stereocenters. The van der Waals surface area contributed by atoms with Gasteiger partial charge in [-0.05, 0) is 34.7 Å². The summed E-state index contributed by atoms with van der Waals surface area (Å²) < 4.78 is 2.18. The molecule has 2 aromatic carbocycles. The molecule has 96 valence electrons. The van der Waals surface area contributed by atoms with Crippen molar-refractivity contribution in [2.24, 2.45) is 7.05 Å². The van der Waals surface area contributed by atoms with Gasteiger partial charge in [0.25, 0.3) is 0 Å². The van der Waals surface area contributed by atoms with Crippen LogP contribution in [0.5, 0.6) is 0 Å². The first-order valence-corrected chi connectivity index (χ1v) is 8.35. The summed E-state index contributed by atoms with van der Waals surface area (Å²) in [7, 11) is 1.85. The SMILES string of the molecule is CC([SiH2]c1ccccc1)c1ccc2c(ccn2C)c1. The number of nitrogens with zero attached hydrogens (tertiary/aromatic N) is 1. The molecule has 19 heavy (non-hydrogen) atoms. The van der Waals surface area contributed by atoms with Crippen molar-refractivity contribution < 1.29 is 0 Å². The van der Waals surface area contributed by atoms with Gasteiger partial charge in [0.1, 0.15) is 0 Å². The molecule has 0 amide bonds. The molecule has 1 unspecified atom stereocenters. The summed E-state index contributed by atoms with van der Waals surface area (Å²) in [4.78, 5) is 0. The van der Waals surface area contributed by atoms with E-state index in [1.54, 1.807) is 5.19 Å². The Bertz CT molecular complexity index is 685. The molecule has 1 nitrogen and oxygen atoms in total. The molecule has 3 rings (SSSR count). The topological polar surface area (TPSA) is 4.93 Å². The van der Waals surface area contributed by atoms with Gasteiger partial charge in [0, 0.05) is 18.8 Å². The summed E-state index contributed by atoms with van der Waals surface area (Å²) in [5.41, 5.74) is 3.48. The summed E-state index contributed by atoms with van der Waals surface area (Å²) in [5, 5.41) is 2.90. The number of aryl methyl sites for hydroxylation is 1. The lowest BCUT2D eigenvalue weighted by Crippen LogP contribution is -2.19. The van der Waals surface area contributed by atoms with E-state index in [2.05, 4.69) is 79.3 Å². The Labute approximate surface area is 116 Å². The van der Waals surface area contributed by atoms with E-state index in [0.29, 0.717) is 5.54 Å². The average Bonchev–Trinajstić information content (AvgIpc) is 2.81. The standard InChI is InChI=1S/C17H19NSi/c1-13(19-16-6-4-3-5-7-16)14-8-9-17-15(12-14)10-11-18(17)2/h3-13H,19H2,1-2H3. The smallest absolute Gasteiger partial charge is 0.0620 e. The summed E-state index contributed by atoms with van der Waals surface area (Å²) in [6, 6.07) is 20.0. The van der Waals surface area contributed by atoms with Crippen LogP contribution >= 0.6 is 0 Å². The fraction of sp³-hybridized carbons (Fsp3) is 0.176. The van der Waals surface area contributed by atoms with Gasteiger partial charge in [0.05, 0.1) is 9.52 Å². The monoisotopic (exact) mass is 265 g/mol. The molecule has 1 heterocycles. The lowest BCUT2D eigenvalue weighted by molar-refractivity contribution is 0.968. The number of rotatable bonds is 3. The number of aromatic nitrogens is 1. The van der Waals surface area contributed by atoms with E-state index in [9.17, 15) is 0 Å². The lowest BCUT2D eigenvalue weighted by Gasteiger charge is -2.12. The van der Waals surface area contributed by atoms with Crippen molar-refractivity contribution in [1.82, 2.24) is 4.57 Å². The van der Waals surface area contributed by atoms with Gasteiger partial charge in [0.15, 0.2) is 0 Å². The van der Waals surface area contributed by atoms with Crippen LogP contribution in [0.1, 0.15) is 18.0 Å². The first-order chi connectivity index (χ1) is 9.24. The van der Waals surface area contributed by atoms with Crippen LogP contribution in [0.25, 0.3) is 10.9 Å². The Balaban J connectivity index is 1.87. The van der Waals surface area contributed by atoms with Crippen LogP contribution in [0.15, 0.2) is 60.8 Å². The molecule has 2 heteroatoms. The van der Waals surface area contributed by atoms with Gasteiger partial charge >= 0.3 is 0 Å². The Kier molecular flexibility index (Phi) is 3.26. The van der Waals surface area contributed by atoms with Crippen molar-refractivity contribution in [3.8, 4) is 0 Å². The molecule has 0 aliphatic rings. The van der Waals surface area contributed by atoms with E-state index < -0.39 is 0 Å². The van der Waals surface area contributed by atoms with Crippen LogP contribution in [0, 0.1) is 0 Å². The van der Waals surface area contributed by atoms with Gasteiger partial charge in [-0.25, -0.2) is 0 Å². The van der Waals surface area contributed by atoms with Crippen LogP contribution in [0.4, 0.5) is 0 Å². The van der Waals surface area contributed by atoms with E-state index in [1.165, 1.54) is 16.5 Å². The van der Waals surface area contributed by atoms with Crippen molar-refractivity contribution >= 4 is 25.6 Å². The molecular formula is C17H19NSi. The maximum Gasteiger partial charge on any atom is 0.0620 e. The molecule has 0 radical (unpaired) electrons. The minimum absolute atomic E-state index is 0.252. The highest BCUT2D eigenvalue weighted by atomic mass is 28.2. The molecule has 0 spiro atoms. The van der Waals surface area contributed by atoms with E-state index in [1.807, 2.05) is 0 Å². The van der Waals surface area contributed by atoms with Gasteiger partial charge in [-0.15, -0.1) is 0 Å². The lowest BCUT2D eigenvalue weighted by atomic mass is 10.1. The minimum atomic E-state index is -0.252. The normalized spacial score (nSPS) is 13.4. The third-order valence-corrected chi connectivity index (χ3v) is 5.89. The second-order valence-electron chi connectivity index (χ2n) is 5.34. The molecule has 0 aliphatic carbocycles. The van der Waals surface area contributed by atoms with Gasteiger partial charge in [-0.2, -0.15) is 0 Å². The van der Waals surface area contributed by atoms with Crippen LogP contribution in [0.2, 0.25) is 0 Å². The number of hydrogen-bond donors (Lipinski definition) is 0. The molecule has 1 aromatic heterocycles. The predicted octanol–water partition coefficient (Wildman–Crippen LogP) is 2.73. The van der Waals surface area contributed by atoms with E-state index in [-0.39, 0.29) is 9.52 Å². The van der Waals surface area contributed by atoms with Crippen molar-refractivity contribution in [2.75, 3.05) is 0 Å². The molecule has 0 N–H and O–H groups in total. The Morgan fingerprint density at radius 1 is 1.00 bits per heavy atom. The molecular weight excluding hydrogens is 246 g/mol. The Morgan fingerprint density at radius 2 is 1.79 bits per heavy atom. The minimum Gasteiger partial charge on any atom is -0.351 e. The highest BCUT2D eigenvalue weighted by Gasteiger charge is 2.08. The summed E-state index contributed by atoms with van der Waals surface area (Å²) in [5.74, 6) is 0. The van der Waals surface area contributed by atoms with Gasteiger partial charge in [-0.3, -0.25) is 0 Å². The Morgan fingerprint density at radius 3 is 2.58 bits per heavy atom. The van der Waals surface area contributed by atoms with Crippen molar-refractivity contribution in [2.45, 2.75) is 12.5 Å². The summed E-state index contributed by atoms with van der Waals surface area (Å²) in [6.07, 6.45) is 2.13. The first-order valence-electron chi connectivity index (χ1n) is 6.83. The fourth-order valence-corrected chi connectivity index (χ4v) is 4.43. The van der Waals surface area contributed by atoms with Crippen LogP contribution in [-0.2, 0) is 7.05 Å². The zero-order chi connectivity index (χ0) is 13.2. The van der Waals surface area contributed by atoms with Crippen LogP contribution < -0.4 is 5.19 Å². The Hall–Kier alpha value is -1.80. The summed E-state index contributed by atoms with van der Waals surface area (Å²) >= 11 is 0. The number of benzene rings is 2. The second-order valence-corrected chi connectivity index (χ2v) is 7.79. The largest absolute Gasteiger partial charge is 0.351 e. The highest BCUT2D eigenvalue weighted by molar-refractivity contribution is 6.54. The number of fused-ring (bicyclic) bond motifs is 1. The quantitative estimate of drug-likeness (QED) is 0.642. The number of hydrogen-bond acceptors (Lipinski definition) is 0. The zero-order valence-electron chi connectivity index (χ0n) is 11.5. The predicted molar refractivity (Wildman–Crippen MR) is 86.0 cm³/mol. The average molecular weight is 265 g/mol. The van der Waals surface area contributed by atoms with Gasteiger partial charge < -0.3 is 4.57 Å². The van der Waals surface area contributed by atoms with E-state index >= 15 is 0 Å². The molecule has 0 fully saturated rings. The van der Waals surface area contributed by atoms with Crippen molar-refractivity contribution in [3.05, 3.63) is 66.4 Å². The third kappa shape index (κ3) is 2.49. The van der Waals surface area contributed by atoms with Gasteiger partial charge in [0.2, 0.25) is 0 Å². The molecule has 0 aliphatic heterocycles. The van der Waals surface area contributed by atoms with E-state index in [0.717, 1.165) is 0 Å². The van der Waals surface area contributed by atoms with Crippen molar-refractivity contribution in [1.29, 1.82) is 0 Å². The third-order valence-electron chi connectivity index (χ3n) is 3.86. The maximum absolute atomic E-state index is 2.36. The molecule has 0 saturated heterocycles. The maximum atomic E-state index is 2.36. The zero-order valence-corrected chi connectivity index (χ0v) is 12.9. The van der Waals surface area contributed by atoms with Crippen molar-refractivity contribution in [3.63, 3.8) is 0 Å². The van der Waals surface area contributed by atoms with Crippen LogP contribution in [0.3, 0.4) is 0 Å². The van der Waals surface area contributed by atoms with E-state index in [4.69, 9.17) is 0 Å². The molecule has 3 aromatic rings. The fourth-order valence-electron chi connectivity index (χ4n) is 2.69. The highest BCUT2D eigenvalue weighted by Crippen LogP contribution is 2.21. The summed E-state index contributed by atoms with van der Waals surface area (Å²) in [6.45, 7) is 2.36. The molecule has 0 saturated carbocycles. The first kappa shape index (κ1) is 12.2. The molecule has 0 bridgehead atoms.